The summed E-state index contributed by atoms with van der Waals surface area (Å²) in [6, 6.07) is 27.3. The van der Waals surface area contributed by atoms with Crippen LogP contribution in [0.1, 0.15) is 5.56 Å². The summed E-state index contributed by atoms with van der Waals surface area (Å²) < 4.78 is 0. The van der Waals surface area contributed by atoms with E-state index in [4.69, 9.17) is 0 Å². The van der Waals surface area contributed by atoms with Crippen LogP contribution in [0.25, 0.3) is 48.7 Å². The molecule has 30 heavy (non-hydrogen) atoms. The van der Waals surface area contributed by atoms with E-state index in [1.165, 1.54) is 34.4 Å². The van der Waals surface area contributed by atoms with Crippen LogP contribution in [0.15, 0.2) is 97.1 Å². The number of carbonyl (C=O) groups excluding carboxylic acids is 2. The quantitative estimate of drug-likeness (QED) is 0.191. The van der Waals surface area contributed by atoms with Gasteiger partial charge in [-0.3, -0.25) is 9.59 Å². The Morgan fingerprint density at radius 3 is 2.00 bits per heavy atom. The summed E-state index contributed by atoms with van der Waals surface area (Å²) >= 11 is 0. The molecule has 0 saturated carbocycles. The smallest absolute Gasteiger partial charge is 0.186 e. The second kappa shape index (κ2) is 6.23. The zero-order valence-corrected chi connectivity index (χ0v) is 16.1. The minimum absolute atomic E-state index is 0.133. The first kappa shape index (κ1) is 16.9. The van der Waals surface area contributed by atoms with Gasteiger partial charge in [-0.15, -0.1) is 0 Å². The zero-order chi connectivity index (χ0) is 20.2. The summed E-state index contributed by atoms with van der Waals surface area (Å²) in [5.41, 5.74) is 1.26. The summed E-state index contributed by atoms with van der Waals surface area (Å²) in [4.78, 5) is 24.5. The second-order valence-electron chi connectivity index (χ2n) is 7.75. The fraction of sp³-hybridized carbons (Fsp3) is 0. The van der Waals surface area contributed by atoms with Crippen LogP contribution in [0.4, 0.5) is 0 Å². The third-order valence-corrected chi connectivity index (χ3v) is 5.92. The van der Waals surface area contributed by atoms with Crippen LogP contribution in [0.3, 0.4) is 0 Å². The highest BCUT2D eigenvalue weighted by molar-refractivity contribution is 6.36. The van der Waals surface area contributed by atoms with Crippen molar-refractivity contribution in [3.05, 3.63) is 103 Å². The lowest BCUT2D eigenvalue weighted by Gasteiger charge is -2.14. The molecule has 0 bridgehead atoms. The summed E-state index contributed by atoms with van der Waals surface area (Å²) in [5, 5.41) is 9.01. The molecule has 1 aliphatic carbocycles. The molecule has 5 aromatic carbocycles. The normalized spacial score (nSPS) is 14.2. The van der Waals surface area contributed by atoms with E-state index < -0.39 is 0 Å². The maximum absolute atomic E-state index is 12.6. The number of rotatable bonds is 1. The number of benzene rings is 5. The summed E-state index contributed by atoms with van der Waals surface area (Å²) in [6.07, 6.45) is 4.14. The Bertz CT molecular complexity index is 1620. The number of carbonyl (C=O) groups is 2. The van der Waals surface area contributed by atoms with Crippen molar-refractivity contribution in [1.82, 2.24) is 0 Å². The van der Waals surface area contributed by atoms with Crippen LogP contribution in [0.5, 0.6) is 0 Å². The molecule has 0 aromatic heterocycles. The SMILES string of the molecule is O=C1C=CC(=O)C(c2cccc3ccc4cc5cc6ccccc6cc5cc4c23)=C1. The fourth-order valence-corrected chi connectivity index (χ4v) is 4.50. The van der Waals surface area contributed by atoms with Crippen LogP contribution in [-0.2, 0) is 9.59 Å². The monoisotopic (exact) mass is 384 g/mol. The van der Waals surface area contributed by atoms with Crippen molar-refractivity contribution in [3.63, 3.8) is 0 Å². The third-order valence-electron chi connectivity index (χ3n) is 5.92. The summed E-state index contributed by atoms with van der Waals surface area (Å²) in [6.45, 7) is 0. The molecule has 0 saturated heterocycles. The number of hydrogen-bond acceptors (Lipinski definition) is 2. The van der Waals surface area contributed by atoms with Gasteiger partial charge in [-0.25, -0.2) is 0 Å². The molecule has 0 N–H and O–H groups in total. The molecule has 0 spiro atoms. The number of ketones is 2. The molecular formula is C28H16O2. The maximum atomic E-state index is 12.6. The first-order valence-electron chi connectivity index (χ1n) is 9.94. The molecule has 0 radical (unpaired) electrons. The Kier molecular flexibility index (Phi) is 3.50. The minimum Gasteiger partial charge on any atom is -0.290 e. The van der Waals surface area contributed by atoms with Crippen molar-refractivity contribution >= 4 is 60.2 Å². The van der Waals surface area contributed by atoms with Crippen LogP contribution >= 0.6 is 0 Å². The van der Waals surface area contributed by atoms with Crippen LogP contribution in [0.2, 0.25) is 0 Å². The maximum Gasteiger partial charge on any atom is 0.186 e. The van der Waals surface area contributed by atoms with Gasteiger partial charge >= 0.3 is 0 Å². The Balaban J connectivity index is 1.73. The van der Waals surface area contributed by atoms with Gasteiger partial charge in [-0.05, 0) is 91.1 Å². The molecule has 6 rings (SSSR count). The van der Waals surface area contributed by atoms with Crippen molar-refractivity contribution in [2.24, 2.45) is 0 Å². The Morgan fingerprint density at radius 2 is 1.20 bits per heavy atom. The topological polar surface area (TPSA) is 34.1 Å². The minimum atomic E-state index is -0.154. The standard InChI is InChI=1S/C28H16O2/c29-23-10-11-27(30)26(16-23)24-7-3-6-17-8-9-20-14-21-12-18-4-1-2-5-19(18)13-22(21)15-25(20)28(17)24/h1-16H. The molecule has 0 aliphatic heterocycles. The molecule has 0 heterocycles. The number of allylic oxidation sites excluding steroid dienone is 4. The van der Waals surface area contributed by atoms with Gasteiger partial charge in [-0.2, -0.15) is 0 Å². The fourth-order valence-electron chi connectivity index (χ4n) is 4.50. The Labute approximate surface area is 172 Å². The van der Waals surface area contributed by atoms with Crippen LogP contribution in [0, 0.1) is 0 Å². The molecule has 0 unspecified atom stereocenters. The largest absolute Gasteiger partial charge is 0.290 e. The predicted molar refractivity (Wildman–Crippen MR) is 124 cm³/mol. The van der Waals surface area contributed by atoms with Crippen LogP contribution in [-0.4, -0.2) is 11.6 Å². The molecule has 2 nitrogen and oxygen atoms in total. The second-order valence-corrected chi connectivity index (χ2v) is 7.75. The Hall–Kier alpha value is -4.04. The van der Waals surface area contributed by atoms with Crippen molar-refractivity contribution in [2.45, 2.75) is 0 Å². The molecule has 5 aromatic rings. The van der Waals surface area contributed by atoms with Gasteiger partial charge in [0.1, 0.15) is 0 Å². The lowest BCUT2D eigenvalue weighted by molar-refractivity contribution is -0.113. The molecule has 0 atom stereocenters. The van der Waals surface area contributed by atoms with Gasteiger partial charge < -0.3 is 0 Å². The predicted octanol–water partition coefficient (Wildman–Crippen LogP) is 6.39. The van der Waals surface area contributed by atoms with E-state index in [1.807, 2.05) is 18.2 Å². The molecule has 140 valence electrons. The van der Waals surface area contributed by atoms with Crippen molar-refractivity contribution in [1.29, 1.82) is 0 Å². The molecule has 1 aliphatic rings. The molecule has 0 fully saturated rings. The van der Waals surface area contributed by atoms with E-state index in [0.29, 0.717) is 5.57 Å². The average Bonchev–Trinajstić information content (AvgIpc) is 2.77. The van der Waals surface area contributed by atoms with E-state index in [0.717, 1.165) is 32.5 Å². The third kappa shape index (κ3) is 2.51. The molecular weight excluding hydrogens is 368 g/mol. The first-order chi connectivity index (χ1) is 14.7. The number of fused-ring (bicyclic) bond motifs is 5. The van der Waals surface area contributed by atoms with E-state index in [2.05, 4.69) is 60.7 Å². The highest BCUT2D eigenvalue weighted by atomic mass is 16.1. The van der Waals surface area contributed by atoms with Crippen molar-refractivity contribution in [2.75, 3.05) is 0 Å². The van der Waals surface area contributed by atoms with Gasteiger partial charge in [0.2, 0.25) is 0 Å². The average molecular weight is 384 g/mol. The van der Waals surface area contributed by atoms with Gasteiger partial charge in [0.05, 0.1) is 0 Å². The van der Waals surface area contributed by atoms with E-state index in [-0.39, 0.29) is 11.6 Å². The van der Waals surface area contributed by atoms with Crippen molar-refractivity contribution < 1.29 is 9.59 Å². The summed E-state index contributed by atoms with van der Waals surface area (Å²) in [5.74, 6) is -0.287. The molecule has 2 heteroatoms. The summed E-state index contributed by atoms with van der Waals surface area (Å²) in [7, 11) is 0. The van der Waals surface area contributed by atoms with E-state index >= 15 is 0 Å². The van der Waals surface area contributed by atoms with Gasteiger partial charge in [0, 0.05) is 5.57 Å². The van der Waals surface area contributed by atoms with Gasteiger partial charge in [0.15, 0.2) is 11.6 Å². The Morgan fingerprint density at radius 1 is 0.533 bits per heavy atom. The lowest BCUT2D eigenvalue weighted by atomic mass is 9.89. The van der Waals surface area contributed by atoms with E-state index in [9.17, 15) is 9.59 Å². The van der Waals surface area contributed by atoms with E-state index in [1.54, 1.807) is 0 Å². The van der Waals surface area contributed by atoms with Crippen molar-refractivity contribution in [3.8, 4) is 0 Å². The van der Waals surface area contributed by atoms with Crippen LogP contribution < -0.4 is 0 Å². The van der Waals surface area contributed by atoms with Gasteiger partial charge in [-0.1, -0.05) is 54.6 Å². The first-order valence-corrected chi connectivity index (χ1v) is 9.94. The highest BCUT2D eigenvalue weighted by Gasteiger charge is 2.18. The highest BCUT2D eigenvalue weighted by Crippen LogP contribution is 2.36. The number of hydrogen-bond donors (Lipinski definition) is 0. The zero-order valence-electron chi connectivity index (χ0n) is 16.1. The lowest BCUT2D eigenvalue weighted by Crippen LogP contribution is -2.07. The molecule has 0 amide bonds. The van der Waals surface area contributed by atoms with Gasteiger partial charge in [0.25, 0.3) is 0 Å².